The maximum absolute atomic E-state index is 12.5. The number of ether oxygens (including phenoxy) is 3. The predicted octanol–water partition coefficient (Wildman–Crippen LogP) is 2.68. The molecule has 0 spiro atoms. The van der Waals surface area contributed by atoms with E-state index < -0.39 is 47.9 Å². The molecule has 0 saturated heterocycles. The van der Waals surface area contributed by atoms with Gasteiger partial charge in [0.2, 0.25) is 11.6 Å². The Kier molecular flexibility index (Phi) is 9.82. The Bertz CT molecular complexity index is 1080. The van der Waals surface area contributed by atoms with E-state index in [-0.39, 0.29) is 36.7 Å². The van der Waals surface area contributed by atoms with E-state index in [2.05, 4.69) is 9.47 Å². The Morgan fingerprint density at radius 1 is 0.676 bits per heavy atom. The minimum Gasteiger partial charge on any atom is -0.488 e. The van der Waals surface area contributed by atoms with E-state index in [1.807, 2.05) is 0 Å². The highest BCUT2D eigenvalue weighted by atomic mass is 16.5. The molecule has 178 valence electrons. The summed E-state index contributed by atoms with van der Waals surface area (Å²) in [5.41, 5.74) is 1.05. The van der Waals surface area contributed by atoms with Gasteiger partial charge in [0.1, 0.15) is 12.4 Å². The summed E-state index contributed by atoms with van der Waals surface area (Å²) in [7, 11) is 0. The fraction of sp³-hybridized carbons (Fsp3) is 0.280. The molecule has 0 N–H and O–H groups in total. The fourth-order valence-corrected chi connectivity index (χ4v) is 2.83. The van der Waals surface area contributed by atoms with Gasteiger partial charge in [0, 0.05) is 5.56 Å². The van der Waals surface area contributed by atoms with Gasteiger partial charge in [-0.25, -0.2) is 9.59 Å². The van der Waals surface area contributed by atoms with Gasteiger partial charge < -0.3 is 14.2 Å². The summed E-state index contributed by atoms with van der Waals surface area (Å²) in [5.74, 6) is -4.84. The van der Waals surface area contributed by atoms with Crippen molar-refractivity contribution >= 4 is 35.1 Å². The number of carbonyl (C=O) groups is 6. The number of ketones is 4. The molecule has 0 amide bonds. The first-order chi connectivity index (χ1) is 16.3. The maximum atomic E-state index is 12.5. The smallest absolute Gasteiger partial charge is 0.375 e. The monoisotopic (exact) mass is 468 g/mol. The summed E-state index contributed by atoms with van der Waals surface area (Å²) >= 11 is 0. The molecule has 0 saturated carbocycles. The molecule has 0 aliphatic heterocycles. The molecule has 0 radical (unpaired) electrons. The van der Waals surface area contributed by atoms with Crippen LogP contribution in [0, 0.1) is 0 Å². The second-order valence-electron chi connectivity index (χ2n) is 6.97. The van der Waals surface area contributed by atoms with Gasteiger partial charge in [-0.2, -0.15) is 0 Å². The van der Waals surface area contributed by atoms with E-state index in [0.717, 1.165) is 0 Å². The summed E-state index contributed by atoms with van der Waals surface area (Å²) in [4.78, 5) is 71.0. The number of hydrogen-bond acceptors (Lipinski definition) is 9. The lowest BCUT2D eigenvalue weighted by Crippen LogP contribution is -2.21. The van der Waals surface area contributed by atoms with Crippen molar-refractivity contribution in [2.45, 2.75) is 33.3 Å². The molecular formula is C25H24O9. The minimum absolute atomic E-state index is 0.0323. The number of rotatable bonds is 13. The molecule has 0 aromatic heterocycles. The van der Waals surface area contributed by atoms with Gasteiger partial charge in [-0.3, -0.25) is 19.2 Å². The minimum atomic E-state index is -1.06. The first-order valence-corrected chi connectivity index (χ1v) is 10.5. The van der Waals surface area contributed by atoms with Crippen LogP contribution in [0.25, 0.3) is 0 Å². The van der Waals surface area contributed by atoms with Crippen molar-refractivity contribution in [2.75, 3.05) is 13.2 Å². The van der Waals surface area contributed by atoms with Crippen LogP contribution in [-0.4, -0.2) is 48.3 Å². The molecular weight excluding hydrogens is 444 g/mol. The number of carbonyl (C=O) groups excluding carboxylic acids is 6. The second kappa shape index (κ2) is 12.8. The normalized spacial score (nSPS) is 10.2. The molecule has 0 atom stereocenters. The SMILES string of the molecule is CCOC(=O)C(=O)CC(=O)c1ccc(COc2ccccc2C(=O)CC(=O)C(=O)OCC)cc1. The van der Waals surface area contributed by atoms with Crippen molar-refractivity contribution in [3.63, 3.8) is 0 Å². The van der Waals surface area contributed by atoms with Crippen LogP contribution >= 0.6 is 0 Å². The van der Waals surface area contributed by atoms with Crippen LogP contribution in [0.1, 0.15) is 53.0 Å². The van der Waals surface area contributed by atoms with Crippen molar-refractivity contribution in [3.8, 4) is 5.75 Å². The molecule has 0 fully saturated rings. The third kappa shape index (κ3) is 7.47. The van der Waals surface area contributed by atoms with Gasteiger partial charge in [0.25, 0.3) is 0 Å². The molecule has 2 aromatic carbocycles. The molecule has 2 aromatic rings. The Hall–Kier alpha value is -4.14. The van der Waals surface area contributed by atoms with Crippen molar-refractivity contribution in [1.82, 2.24) is 0 Å². The first kappa shape index (κ1) is 26.1. The lowest BCUT2D eigenvalue weighted by Gasteiger charge is -2.11. The summed E-state index contributed by atoms with van der Waals surface area (Å²) < 4.78 is 14.9. The van der Waals surface area contributed by atoms with Crippen LogP contribution in [0.4, 0.5) is 0 Å². The Morgan fingerprint density at radius 2 is 1.21 bits per heavy atom. The van der Waals surface area contributed by atoms with Crippen LogP contribution in [0.3, 0.4) is 0 Å². The zero-order valence-electron chi connectivity index (χ0n) is 18.8. The van der Waals surface area contributed by atoms with Crippen molar-refractivity contribution in [1.29, 1.82) is 0 Å². The predicted molar refractivity (Wildman–Crippen MR) is 118 cm³/mol. The number of Topliss-reactive ketones (excluding diaryl/α,β-unsaturated/α-hetero) is 4. The van der Waals surface area contributed by atoms with Gasteiger partial charge in [-0.1, -0.05) is 36.4 Å². The average molecular weight is 468 g/mol. The second-order valence-corrected chi connectivity index (χ2v) is 6.97. The Balaban J connectivity index is 2.00. The lowest BCUT2D eigenvalue weighted by atomic mass is 10.0. The highest BCUT2D eigenvalue weighted by Crippen LogP contribution is 2.21. The summed E-state index contributed by atoms with van der Waals surface area (Å²) in [5, 5.41) is 0. The van der Waals surface area contributed by atoms with Crippen LogP contribution < -0.4 is 4.74 Å². The Labute approximate surface area is 196 Å². The van der Waals surface area contributed by atoms with Gasteiger partial charge in [-0.05, 0) is 31.5 Å². The zero-order valence-corrected chi connectivity index (χ0v) is 18.8. The molecule has 34 heavy (non-hydrogen) atoms. The van der Waals surface area contributed by atoms with Gasteiger partial charge in [0.15, 0.2) is 11.6 Å². The third-order valence-electron chi connectivity index (χ3n) is 4.51. The molecule has 2 rings (SSSR count). The van der Waals surface area contributed by atoms with Gasteiger partial charge in [0.05, 0.1) is 31.6 Å². The van der Waals surface area contributed by atoms with Gasteiger partial charge >= 0.3 is 11.9 Å². The molecule has 9 heteroatoms. The largest absolute Gasteiger partial charge is 0.488 e. The van der Waals surface area contributed by atoms with Crippen molar-refractivity contribution in [2.24, 2.45) is 0 Å². The van der Waals surface area contributed by atoms with Crippen LogP contribution in [0.15, 0.2) is 48.5 Å². The highest BCUT2D eigenvalue weighted by Gasteiger charge is 2.22. The van der Waals surface area contributed by atoms with E-state index >= 15 is 0 Å². The summed E-state index contributed by atoms with van der Waals surface area (Å²) in [6.07, 6.45) is -1.23. The van der Waals surface area contributed by atoms with Gasteiger partial charge in [-0.15, -0.1) is 0 Å². The molecule has 0 aliphatic rings. The number of esters is 2. The zero-order chi connectivity index (χ0) is 25.1. The van der Waals surface area contributed by atoms with Crippen molar-refractivity contribution < 1.29 is 43.0 Å². The fourth-order valence-electron chi connectivity index (χ4n) is 2.83. The third-order valence-corrected chi connectivity index (χ3v) is 4.51. The summed E-state index contributed by atoms with van der Waals surface area (Å²) in [6.45, 7) is 3.24. The van der Waals surface area contributed by atoms with Crippen LogP contribution in [0.5, 0.6) is 5.75 Å². The van der Waals surface area contributed by atoms with E-state index in [4.69, 9.17) is 4.74 Å². The topological polar surface area (TPSA) is 130 Å². The van der Waals surface area contributed by atoms with E-state index in [1.54, 1.807) is 44.2 Å². The first-order valence-electron chi connectivity index (χ1n) is 10.5. The van der Waals surface area contributed by atoms with E-state index in [9.17, 15) is 28.8 Å². The van der Waals surface area contributed by atoms with E-state index in [0.29, 0.717) is 5.56 Å². The van der Waals surface area contributed by atoms with E-state index in [1.165, 1.54) is 18.2 Å². The molecule has 0 aliphatic carbocycles. The molecule has 0 bridgehead atoms. The standard InChI is InChI=1S/C25H24O9/c1-3-32-24(30)21(28)13-19(26)17-11-9-16(10-12-17)15-34-23-8-6-5-7-18(23)20(27)14-22(29)25(31)33-4-2/h5-12H,3-4,13-15H2,1-2H3. The number of para-hydroxylation sites is 1. The number of benzene rings is 2. The van der Waals surface area contributed by atoms with Crippen LogP contribution in [0.2, 0.25) is 0 Å². The summed E-state index contributed by atoms with van der Waals surface area (Å²) in [6, 6.07) is 12.5. The quantitative estimate of drug-likeness (QED) is 0.188. The average Bonchev–Trinajstić information content (AvgIpc) is 2.83. The van der Waals surface area contributed by atoms with Crippen molar-refractivity contribution in [3.05, 3.63) is 65.2 Å². The Morgan fingerprint density at radius 3 is 1.76 bits per heavy atom. The number of hydrogen-bond donors (Lipinski definition) is 0. The highest BCUT2D eigenvalue weighted by molar-refractivity contribution is 6.38. The molecule has 0 heterocycles. The maximum Gasteiger partial charge on any atom is 0.375 e. The lowest BCUT2D eigenvalue weighted by molar-refractivity contribution is -0.153. The van der Waals surface area contributed by atoms with Crippen LogP contribution in [-0.2, 0) is 35.3 Å². The molecule has 0 unspecified atom stereocenters. The molecule has 9 nitrogen and oxygen atoms in total.